The Morgan fingerprint density at radius 1 is 1.00 bits per heavy atom. The Morgan fingerprint density at radius 3 is 2.57 bits per heavy atom. The Labute approximate surface area is 169 Å². The zero-order valence-electron chi connectivity index (χ0n) is 15.7. The van der Waals surface area contributed by atoms with Crippen molar-refractivity contribution in [1.82, 2.24) is 25.3 Å². The Hall–Kier alpha value is -4.34. The van der Waals surface area contributed by atoms with Crippen LogP contribution in [0.5, 0.6) is 0 Å². The van der Waals surface area contributed by atoms with Crippen LogP contribution in [-0.4, -0.2) is 31.5 Å². The van der Waals surface area contributed by atoms with Crippen molar-refractivity contribution in [2.45, 2.75) is 6.92 Å². The number of fused-ring (bicyclic) bond motifs is 2. The van der Waals surface area contributed by atoms with Crippen LogP contribution in [0.15, 0.2) is 58.3 Å². The Balaban J connectivity index is 1.49. The van der Waals surface area contributed by atoms with Crippen molar-refractivity contribution in [2.24, 2.45) is 5.10 Å². The molecule has 0 amide bonds. The van der Waals surface area contributed by atoms with Crippen LogP contribution >= 0.6 is 0 Å². The quantitative estimate of drug-likeness (QED) is 0.299. The molecular weight excluding hydrogens is 387 g/mol. The minimum Gasteiger partial charge on any atom is -0.358 e. The molecule has 0 saturated heterocycles. The molecule has 0 aliphatic heterocycles. The van der Waals surface area contributed by atoms with Gasteiger partial charge in [-0.05, 0) is 35.4 Å². The first-order chi connectivity index (χ1) is 14.7. The molecule has 0 unspecified atom stereocenters. The minimum atomic E-state index is -0.429. The van der Waals surface area contributed by atoms with E-state index in [1.165, 1.54) is 6.07 Å². The molecule has 30 heavy (non-hydrogen) atoms. The van der Waals surface area contributed by atoms with Gasteiger partial charge in [-0.3, -0.25) is 5.43 Å². The molecule has 0 radical (unpaired) electrons. The first-order valence-corrected chi connectivity index (χ1v) is 9.07. The summed E-state index contributed by atoms with van der Waals surface area (Å²) in [4.78, 5) is 11.9. The molecule has 0 atom stereocenters. The van der Waals surface area contributed by atoms with E-state index < -0.39 is 5.82 Å². The van der Waals surface area contributed by atoms with Crippen LogP contribution < -0.4 is 10.7 Å². The maximum atomic E-state index is 14.1. The number of anilines is 3. The molecule has 5 aromatic rings. The number of benzene rings is 2. The SMILES string of the molecule is Cc1[nH]c2ccccc2c1/C=N/Nc1nc2nonc2nc1Nc1ccccc1F. The summed E-state index contributed by atoms with van der Waals surface area (Å²) in [5.74, 6) is 0.0489. The number of rotatable bonds is 5. The summed E-state index contributed by atoms with van der Waals surface area (Å²) < 4.78 is 18.8. The first kappa shape index (κ1) is 17.7. The van der Waals surface area contributed by atoms with Crippen LogP contribution in [0.3, 0.4) is 0 Å². The normalized spacial score (nSPS) is 11.5. The molecule has 0 aliphatic carbocycles. The third kappa shape index (κ3) is 3.20. The third-order valence-corrected chi connectivity index (χ3v) is 4.55. The minimum absolute atomic E-state index is 0.191. The number of para-hydroxylation sites is 2. The lowest BCUT2D eigenvalue weighted by Gasteiger charge is -2.09. The fourth-order valence-electron chi connectivity index (χ4n) is 3.12. The topological polar surface area (TPSA) is 117 Å². The molecule has 5 rings (SSSR count). The Bertz CT molecular complexity index is 1390. The fraction of sp³-hybridized carbons (Fsp3) is 0.0500. The van der Waals surface area contributed by atoms with E-state index in [4.69, 9.17) is 0 Å². The standard InChI is InChI=1S/C20H15FN8O/c1-11-13(12-6-2-4-8-15(12)23-11)10-22-27-18-17(24-16-9-5-3-7-14(16)21)25-19-20(26-18)29-30-28-19/h2-10,23H,1H3,(H,24,25,28)(H,26,27,29)/b22-10+. The van der Waals surface area contributed by atoms with Gasteiger partial charge in [0.25, 0.3) is 0 Å². The molecule has 0 bridgehead atoms. The summed E-state index contributed by atoms with van der Waals surface area (Å²) in [6, 6.07) is 14.2. The van der Waals surface area contributed by atoms with Gasteiger partial charge in [0, 0.05) is 22.2 Å². The molecule has 148 valence electrons. The summed E-state index contributed by atoms with van der Waals surface area (Å²) in [7, 11) is 0. The van der Waals surface area contributed by atoms with E-state index in [1.54, 1.807) is 24.4 Å². The van der Waals surface area contributed by atoms with Gasteiger partial charge in [-0.2, -0.15) is 10.1 Å². The number of hydrogen-bond acceptors (Lipinski definition) is 8. The summed E-state index contributed by atoms with van der Waals surface area (Å²) in [5.41, 5.74) is 6.43. The predicted molar refractivity (Wildman–Crippen MR) is 111 cm³/mol. The molecule has 9 nitrogen and oxygen atoms in total. The van der Waals surface area contributed by atoms with Crippen LogP contribution in [-0.2, 0) is 0 Å². The first-order valence-electron chi connectivity index (χ1n) is 9.07. The number of halogens is 1. The van der Waals surface area contributed by atoms with Crippen LogP contribution in [0.4, 0.5) is 21.7 Å². The highest BCUT2D eigenvalue weighted by Gasteiger charge is 2.14. The molecule has 0 fully saturated rings. The number of nitrogens with zero attached hydrogens (tertiary/aromatic N) is 5. The summed E-state index contributed by atoms with van der Waals surface area (Å²) >= 11 is 0. The van der Waals surface area contributed by atoms with Crippen LogP contribution in [0.1, 0.15) is 11.3 Å². The molecule has 3 heterocycles. The average Bonchev–Trinajstić information content (AvgIpc) is 3.33. The van der Waals surface area contributed by atoms with Crippen molar-refractivity contribution >= 4 is 45.7 Å². The lowest BCUT2D eigenvalue weighted by Crippen LogP contribution is -2.04. The van der Waals surface area contributed by atoms with Gasteiger partial charge < -0.3 is 10.3 Å². The lowest BCUT2D eigenvalue weighted by molar-refractivity contribution is 0.314. The second-order valence-corrected chi connectivity index (χ2v) is 6.52. The second kappa shape index (κ2) is 7.24. The van der Waals surface area contributed by atoms with E-state index >= 15 is 0 Å². The van der Waals surface area contributed by atoms with Crippen molar-refractivity contribution in [3.63, 3.8) is 0 Å². The van der Waals surface area contributed by atoms with Gasteiger partial charge in [0.15, 0.2) is 11.6 Å². The largest absolute Gasteiger partial charge is 0.358 e. The predicted octanol–water partition coefficient (Wildman–Crippen LogP) is 4.13. The zero-order valence-corrected chi connectivity index (χ0v) is 15.7. The van der Waals surface area contributed by atoms with Gasteiger partial charge in [0.05, 0.1) is 11.9 Å². The maximum Gasteiger partial charge on any atom is 0.245 e. The lowest BCUT2D eigenvalue weighted by atomic mass is 10.1. The van der Waals surface area contributed by atoms with Crippen molar-refractivity contribution in [3.8, 4) is 0 Å². The molecule has 0 spiro atoms. The zero-order chi connectivity index (χ0) is 20.5. The maximum absolute atomic E-state index is 14.1. The van der Waals surface area contributed by atoms with Crippen LogP contribution in [0.2, 0.25) is 0 Å². The Kier molecular flexibility index (Phi) is 4.28. The molecule has 0 aliphatic rings. The second-order valence-electron chi connectivity index (χ2n) is 6.52. The van der Waals surface area contributed by atoms with Crippen molar-refractivity contribution in [2.75, 3.05) is 10.7 Å². The van der Waals surface area contributed by atoms with E-state index in [2.05, 4.69) is 45.7 Å². The van der Waals surface area contributed by atoms with E-state index in [0.717, 1.165) is 22.2 Å². The smallest absolute Gasteiger partial charge is 0.245 e. The van der Waals surface area contributed by atoms with E-state index in [-0.39, 0.29) is 28.6 Å². The molecular formula is C20H15FN8O. The number of aromatic amines is 1. The van der Waals surface area contributed by atoms with Gasteiger partial charge in [-0.25, -0.2) is 14.0 Å². The van der Waals surface area contributed by atoms with Crippen molar-refractivity contribution < 1.29 is 9.02 Å². The van der Waals surface area contributed by atoms with Crippen LogP contribution in [0, 0.1) is 12.7 Å². The summed E-state index contributed by atoms with van der Waals surface area (Å²) in [6.45, 7) is 1.97. The van der Waals surface area contributed by atoms with Gasteiger partial charge in [-0.15, -0.1) is 0 Å². The highest BCUT2D eigenvalue weighted by molar-refractivity contribution is 6.00. The number of aryl methyl sites for hydroxylation is 1. The van der Waals surface area contributed by atoms with Gasteiger partial charge in [0.1, 0.15) is 5.82 Å². The summed E-state index contributed by atoms with van der Waals surface area (Å²) in [5, 5.41) is 15.6. The molecule has 10 heteroatoms. The van der Waals surface area contributed by atoms with E-state index in [1.807, 2.05) is 31.2 Å². The summed E-state index contributed by atoms with van der Waals surface area (Å²) in [6.07, 6.45) is 1.69. The molecule has 3 aromatic heterocycles. The number of H-pyrrole nitrogens is 1. The highest BCUT2D eigenvalue weighted by Crippen LogP contribution is 2.25. The molecule has 0 saturated carbocycles. The number of aromatic nitrogens is 5. The molecule has 2 aromatic carbocycles. The van der Waals surface area contributed by atoms with Gasteiger partial charge >= 0.3 is 0 Å². The number of hydrogen-bond donors (Lipinski definition) is 3. The Morgan fingerprint density at radius 2 is 1.73 bits per heavy atom. The van der Waals surface area contributed by atoms with Crippen LogP contribution in [0.25, 0.3) is 22.2 Å². The third-order valence-electron chi connectivity index (χ3n) is 4.55. The monoisotopic (exact) mass is 402 g/mol. The van der Waals surface area contributed by atoms with Gasteiger partial charge in [-0.1, -0.05) is 30.3 Å². The number of nitrogens with one attached hydrogen (secondary N) is 3. The highest BCUT2D eigenvalue weighted by atomic mass is 19.1. The fourth-order valence-corrected chi connectivity index (χ4v) is 3.12. The molecule has 3 N–H and O–H groups in total. The average molecular weight is 402 g/mol. The van der Waals surface area contributed by atoms with E-state index in [0.29, 0.717) is 0 Å². The van der Waals surface area contributed by atoms with Gasteiger partial charge in [0.2, 0.25) is 11.3 Å². The number of hydrazone groups is 1. The van der Waals surface area contributed by atoms with E-state index in [9.17, 15) is 4.39 Å². The van der Waals surface area contributed by atoms with Crippen molar-refractivity contribution in [1.29, 1.82) is 0 Å². The van der Waals surface area contributed by atoms with Crippen molar-refractivity contribution in [3.05, 3.63) is 65.6 Å².